The topological polar surface area (TPSA) is 69.0 Å². The van der Waals surface area contributed by atoms with Gasteiger partial charge in [-0.2, -0.15) is 0 Å². The van der Waals surface area contributed by atoms with Gasteiger partial charge in [0.25, 0.3) is 0 Å². The Hall–Kier alpha value is -2.48. The largest absolute Gasteiger partial charge is 0.381 e. The minimum absolute atomic E-state index is 0.164. The fourth-order valence-electron chi connectivity index (χ4n) is 4.88. The van der Waals surface area contributed by atoms with E-state index in [1.807, 2.05) is 46.0 Å². The van der Waals surface area contributed by atoms with Crippen molar-refractivity contribution >= 4 is 23.2 Å². The fourth-order valence-corrected chi connectivity index (χ4v) is 5.00. The van der Waals surface area contributed by atoms with Gasteiger partial charge in [-0.1, -0.05) is 23.7 Å². The van der Waals surface area contributed by atoms with Gasteiger partial charge in [-0.15, -0.1) is 0 Å². The van der Waals surface area contributed by atoms with E-state index in [-0.39, 0.29) is 11.8 Å². The third-order valence-electron chi connectivity index (χ3n) is 6.61. The van der Waals surface area contributed by atoms with E-state index < -0.39 is 5.41 Å². The number of carbonyl (C=O) groups is 1. The molecule has 0 unspecified atom stereocenters. The predicted octanol–water partition coefficient (Wildman–Crippen LogP) is 3.15. The number of carbonyl (C=O) groups excluding carboxylic acids is 1. The van der Waals surface area contributed by atoms with Gasteiger partial charge in [-0.25, -0.2) is 4.98 Å². The zero-order chi connectivity index (χ0) is 22.0. The number of hydrogen-bond donors (Lipinski definition) is 0. The van der Waals surface area contributed by atoms with Crippen molar-refractivity contribution in [2.75, 3.05) is 39.5 Å². The van der Waals surface area contributed by atoms with E-state index in [2.05, 4.69) is 9.97 Å². The maximum absolute atomic E-state index is 14.0. The van der Waals surface area contributed by atoms with Gasteiger partial charge in [0.1, 0.15) is 0 Å². The quantitative estimate of drug-likeness (QED) is 0.605. The molecule has 1 aromatic carbocycles. The van der Waals surface area contributed by atoms with Crippen LogP contribution in [0.1, 0.15) is 24.1 Å². The molecule has 0 saturated carbocycles. The first-order valence-electron chi connectivity index (χ1n) is 11.1. The van der Waals surface area contributed by atoms with E-state index >= 15 is 0 Å². The molecule has 2 aliphatic rings. The second kappa shape index (κ2) is 9.17. The number of amides is 1. The Morgan fingerprint density at radius 1 is 1.12 bits per heavy atom. The van der Waals surface area contributed by atoms with Crippen molar-refractivity contribution in [3.8, 4) is 0 Å². The molecule has 7 nitrogen and oxygen atoms in total. The SMILES string of the molecule is O=C(N1CCOC[C@@H](Cc2cn3ccnc3cn2)C1)C1(c2ccc(Cl)cc2)CCOCC1. The molecule has 32 heavy (non-hydrogen) atoms. The van der Waals surface area contributed by atoms with Gasteiger partial charge >= 0.3 is 0 Å². The highest BCUT2D eigenvalue weighted by Crippen LogP contribution is 2.38. The Labute approximate surface area is 192 Å². The predicted molar refractivity (Wildman–Crippen MR) is 121 cm³/mol. The van der Waals surface area contributed by atoms with Crippen molar-refractivity contribution in [2.24, 2.45) is 5.92 Å². The molecule has 8 heteroatoms. The summed E-state index contributed by atoms with van der Waals surface area (Å²) in [5.41, 5.74) is 2.24. The molecule has 2 saturated heterocycles. The molecule has 1 atom stereocenters. The highest BCUT2D eigenvalue weighted by atomic mass is 35.5. The number of nitrogens with zero attached hydrogens (tertiary/aromatic N) is 4. The summed E-state index contributed by atoms with van der Waals surface area (Å²) in [5, 5.41) is 0.675. The number of aromatic nitrogens is 3. The van der Waals surface area contributed by atoms with E-state index in [4.69, 9.17) is 21.1 Å². The van der Waals surface area contributed by atoms with Crippen LogP contribution >= 0.6 is 11.6 Å². The average Bonchev–Trinajstić information content (AvgIpc) is 3.17. The molecular weight excluding hydrogens is 428 g/mol. The van der Waals surface area contributed by atoms with Crippen molar-refractivity contribution in [3.63, 3.8) is 0 Å². The Morgan fingerprint density at radius 3 is 2.75 bits per heavy atom. The molecule has 0 N–H and O–H groups in total. The molecule has 3 aromatic rings. The Bertz CT molecular complexity index is 1080. The maximum atomic E-state index is 14.0. The lowest BCUT2D eigenvalue weighted by molar-refractivity contribution is -0.141. The number of hydrogen-bond acceptors (Lipinski definition) is 5. The van der Waals surface area contributed by atoms with Gasteiger partial charge in [0, 0.05) is 55.8 Å². The smallest absolute Gasteiger partial charge is 0.233 e. The molecule has 0 spiro atoms. The van der Waals surface area contributed by atoms with Crippen molar-refractivity contribution in [3.05, 3.63) is 65.3 Å². The summed E-state index contributed by atoms with van der Waals surface area (Å²) >= 11 is 6.12. The summed E-state index contributed by atoms with van der Waals surface area (Å²) in [6.07, 6.45) is 9.57. The van der Waals surface area contributed by atoms with E-state index in [1.165, 1.54) is 0 Å². The van der Waals surface area contributed by atoms with Crippen LogP contribution < -0.4 is 0 Å². The van der Waals surface area contributed by atoms with Crippen LogP contribution in [0.4, 0.5) is 0 Å². The highest BCUT2D eigenvalue weighted by Gasteiger charge is 2.44. The number of benzene rings is 1. The number of imidazole rings is 1. The summed E-state index contributed by atoms with van der Waals surface area (Å²) in [6, 6.07) is 7.71. The lowest BCUT2D eigenvalue weighted by atomic mass is 9.73. The molecule has 2 aromatic heterocycles. The Balaban J connectivity index is 1.37. The number of fused-ring (bicyclic) bond motifs is 1. The lowest BCUT2D eigenvalue weighted by Crippen LogP contribution is -2.51. The second-order valence-electron chi connectivity index (χ2n) is 8.67. The molecule has 0 radical (unpaired) electrons. The molecule has 0 aliphatic carbocycles. The van der Waals surface area contributed by atoms with Gasteiger partial charge in [0.05, 0.1) is 30.5 Å². The van der Waals surface area contributed by atoms with Crippen LogP contribution in [0.2, 0.25) is 5.02 Å². The van der Waals surface area contributed by atoms with Crippen LogP contribution in [0.3, 0.4) is 0 Å². The fraction of sp³-hybridized carbons (Fsp3) is 0.458. The van der Waals surface area contributed by atoms with E-state index in [1.54, 1.807) is 12.4 Å². The summed E-state index contributed by atoms with van der Waals surface area (Å²) < 4.78 is 13.5. The monoisotopic (exact) mass is 454 g/mol. The van der Waals surface area contributed by atoms with Gasteiger partial charge in [0.2, 0.25) is 5.91 Å². The van der Waals surface area contributed by atoms with Crippen LogP contribution in [-0.2, 0) is 26.1 Å². The maximum Gasteiger partial charge on any atom is 0.233 e. The van der Waals surface area contributed by atoms with Crippen LogP contribution in [0.25, 0.3) is 5.65 Å². The molecule has 1 amide bonds. The van der Waals surface area contributed by atoms with Crippen LogP contribution in [0, 0.1) is 5.92 Å². The van der Waals surface area contributed by atoms with Crippen LogP contribution in [0.15, 0.2) is 49.1 Å². The first-order valence-corrected chi connectivity index (χ1v) is 11.5. The molecule has 2 fully saturated rings. The van der Waals surface area contributed by atoms with Gasteiger partial charge in [-0.05, 0) is 37.0 Å². The minimum Gasteiger partial charge on any atom is -0.381 e. The number of ether oxygens (including phenoxy) is 2. The first-order chi connectivity index (χ1) is 15.6. The Morgan fingerprint density at radius 2 is 1.94 bits per heavy atom. The molecule has 5 rings (SSSR count). The molecule has 0 bridgehead atoms. The number of rotatable bonds is 4. The van der Waals surface area contributed by atoms with E-state index in [9.17, 15) is 4.79 Å². The number of halogens is 1. The highest BCUT2D eigenvalue weighted by molar-refractivity contribution is 6.30. The zero-order valence-electron chi connectivity index (χ0n) is 18.0. The summed E-state index contributed by atoms with van der Waals surface area (Å²) in [5.74, 6) is 0.341. The van der Waals surface area contributed by atoms with Crippen LogP contribution in [-0.4, -0.2) is 64.7 Å². The normalized spacial score (nSPS) is 21.4. The molecule has 4 heterocycles. The van der Waals surface area contributed by atoms with Crippen molar-refractivity contribution in [2.45, 2.75) is 24.7 Å². The Kier molecular flexibility index (Phi) is 6.13. The minimum atomic E-state index is -0.578. The standard InChI is InChI=1S/C24H27ClN4O3/c25-20-3-1-19(2-4-20)24(5-10-31-11-6-24)23(30)29-9-12-32-17-18(15-29)13-21-16-28-8-7-26-22(28)14-27-21/h1-4,7-8,14,16,18H,5-6,9-13,15,17H2/t18-/m0/s1. The van der Waals surface area contributed by atoms with Crippen molar-refractivity contribution < 1.29 is 14.3 Å². The van der Waals surface area contributed by atoms with Crippen molar-refractivity contribution in [1.29, 1.82) is 0 Å². The molecule has 2 aliphatic heterocycles. The second-order valence-corrected chi connectivity index (χ2v) is 9.11. The third kappa shape index (κ3) is 4.25. The lowest BCUT2D eigenvalue weighted by Gasteiger charge is -2.40. The van der Waals surface area contributed by atoms with Gasteiger partial charge in [-0.3, -0.25) is 9.78 Å². The summed E-state index contributed by atoms with van der Waals surface area (Å²) in [4.78, 5) is 24.8. The first kappa shape index (κ1) is 21.4. The third-order valence-corrected chi connectivity index (χ3v) is 6.86. The van der Waals surface area contributed by atoms with Crippen LogP contribution in [0.5, 0.6) is 0 Å². The molecule has 168 valence electrons. The molecular formula is C24H27ClN4O3. The average molecular weight is 455 g/mol. The van der Waals surface area contributed by atoms with Gasteiger partial charge < -0.3 is 18.8 Å². The van der Waals surface area contributed by atoms with Gasteiger partial charge in [0.15, 0.2) is 5.65 Å². The summed E-state index contributed by atoms with van der Waals surface area (Å²) in [6.45, 7) is 3.57. The van der Waals surface area contributed by atoms with Crippen molar-refractivity contribution in [1.82, 2.24) is 19.3 Å². The zero-order valence-corrected chi connectivity index (χ0v) is 18.7. The van der Waals surface area contributed by atoms with E-state index in [0.717, 1.165) is 23.3 Å². The summed E-state index contributed by atoms with van der Waals surface area (Å²) in [7, 11) is 0. The van der Waals surface area contributed by atoms with E-state index in [0.29, 0.717) is 57.4 Å².